The highest BCUT2D eigenvalue weighted by molar-refractivity contribution is 7.12. The standard InChI is InChI=1S/C11H11N3O3S/c1-6-7(5-12-14(6)2)10(15)13-8-3-4-18-9(8)11(16)17/h3-5H,1-2H3,(H,13,15)(H,16,17). The van der Waals surface area contributed by atoms with Crippen LogP contribution in [-0.4, -0.2) is 26.8 Å². The van der Waals surface area contributed by atoms with Gasteiger partial charge in [-0.1, -0.05) is 0 Å². The molecule has 0 spiro atoms. The van der Waals surface area contributed by atoms with Crippen LogP contribution in [0.3, 0.4) is 0 Å². The molecule has 94 valence electrons. The molecule has 0 saturated heterocycles. The summed E-state index contributed by atoms with van der Waals surface area (Å²) in [7, 11) is 1.74. The second-order valence-corrected chi connectivity index (χ2v) is 4.61. The van der Waals surface area contributed by atoms with Crippen molar-refractivity contribution in [1.82, 2.24) is 9.78 Å². The molecule has 2 aromatic rings. The summed E-state index contributed by atoms with van der Waals surface area (Å²) in [5.74, 6) is -1.41. The number of aryl methyl sites for hydroxylation is 1. The molecule has 0 aliphatic heterocycles. The number of anilines is 1. The van der Waals surface area contributed by atoms with Gasteiger partial charge in [-0.15, -0.1) is 11.3 Å². The first-order valence-corrected chi connectivity index (χ1v) is 5.99. The topological polar surface area (TPSA) is 84.2 Å². The second-order valence-electron chi connectivity index (χ2n) is 3.69. The minimum absolute atomic E-state index is 0.116. The van der Waals surface area contributed by atoms with Crippen LogP contribution in [0.4, 0.5) is 5.69 Å². The van der Waals surface area contributed by atoms with Crippen molar-refractivity contribution in [1.29, 1.82) is 0 Å². The van der Waals surface area contributed by atoms with Crippen LogP contribution in [0.1, 0.15) is 25.7 Å². The van der Waals surface area contributed by atoms with E-state index in [0.717, 1.165) is 17.0 Å². The van der Waals surface area contributed by atoms with E-state index in [1.165, 1.54) is 6.20 Å². The Bertz CT molecular complexity index is 615. The number of rotatable bonds is 3. The summed E-state index contributed by atoms with van der Waals surface area (Å²) in [6.07, 6.45) is 1.46. The Labute approximate surface area is 107 Å². The van der Waals surface area contributed by atoms with Crippen molar-refractivity contribution in [2.75, 3.05) is 5.32 Å². The van der Waals surface area contributed by atoms with Crippen LogP contribution in [0.15, 0.2) is 17.6 Å². The number of thiophene rings is 1. The number of carboxylic acid groups (broad SMARTS) is 1. The van der Waals surface area contributed by atoms with Crippen LogP contribution < -0.4 is 5.32 Å². The van der Waals surface area contributed by atoms with Crippen molar-refractivity contribution < 1.29 is 14.7 Å². The molecule has 7 heteroatoms. The van der Waals surface area contributed by atoms with Gasteiger partial charge in [0.1, 0.15) is 4.88 Å². The Balaban J connectivity index is 2.24. The highest BCUT2D eigenvalue weighted by atomic mass is 32.1. The summed E-state index contributed by atoms with van der Waals surface area (Å²) < 4.78 is 1.58. The minimum Gasteiger partial charge on any atom is -0.477 e. The molecule has 0 atom stereocenters. The van der Waals surface area contributed by atoms with E-state index in [1.807, 2.05) is 0 Å². The number of amides is 1. The fourth-order valence-electron chi connectivity index (χ4n) is 1.48. The number of carbonyl (C=O) groups is 2. The van der Waals surface area contributed by atoms with Crippen molar-refractivity contribution in [3.8, 4) is 0 Å². The maximum atomic E-state index is 12.0. The van der Waals surface area contributed by atoms with E-state index in [2.05, 4.69) is 10.4 Å². The molecular formula is C11H11N3O3S. The molecule has 0 aliphatic rings. The summed E-state index contributed by atoms with van der Waals surface area (Å²) >= 11 is 1.07. The Morgan fingerprint density at radius 1 is 1.50 bits per heavy atom. The summed E-state index contributed by atoms with van der Waals surface area (Å²) in [6.45, 7) is 1.77. The third-order valence-electron chi connectivity index (χ3n) is 2.59. The normalized spacial score (nSPS) is 10.3. The van der Waals surface area contributed by atoms with Gasteiger partial charge in [0.15, 0.2) is 0 Å². The predicted molar refractivity (Wildman–Crippen MR) is 67.2 cm³/mol. The monoisotopic (exact) mass is 265 g/mol. The summed E-state index contributed by atoms with van der Waals surface area (Å²) in [5.41, 5.74) is 1.46. The lowest BCUT2D eigenvalue weighted by atomic mass is 10.2. The first-order chi connectivity index (χ1) is 8.50. The molecule has 0 bridgehead atoms. The number of aromatic carboxylic acids is 1. The highest BCUT2D eigenvalue weighted by Crippen LogP contribution is 2.23. The maximum Gasteiger partial charge on any atom is 0.348 e. The summed E-state index contributed by atoms with van der Waals surface area (Å²) in [4.78, 5) is 23.0. The van der Waals surface area contributed by atoms with Gasteiger partial charge in [-0.2, -0.15) is 5.10 Å². The van der Waals surface area contributed by atoms with Crippen molar-refractivity contribution in [2.45, 2.75) is 6.92 Å². The molecule has 2 rings (SSSR count). The van der Waals surface area contributed by atoms with E-state index in [4.69, 9.17) is 5.11 Å². The molecule has 1 amide bonds. The SMILES string of the molecule is Cc1c(C(=O)Nc2ccsc2C(=O)O)cnn1C. The Morgan fingerprint density at radius 2 is 2.22 bits per heavy atom. The molecule has 0 saturated carbocycles. The first-order valence-electron chi connectivity index (χ1n) is 5.11. The van der Waals surface area contributed by atoms with Gasteiger partial charge >= 0.3 is 5.97 Å². The number of hydrogen-bond acceptors (Lipinski definition) is 4. The van der Waals surface area contributed by atoms with Crippen LogP contribution in [-0.2, 0) is 7.05 Å². The number of nitrogens with zero attached hydrogens (tertiary/aromatic N) is 2. The average Bonchev–Trinajstić information content (AvgIpc) is 2.88. The van der Waals surface area contributed by atoms with Gasteiger partial charge in [-0.05, 0) is 18.4 Å². The molecule has 2 aromatic heterocycles. The van der Waals surface area contributed by atoms with Crippen LogP contribution in [0.25, 0.3) is 0 Å². The zero-order valence-corrected chi connectivity index (χ0v) is 10.6. The highest BCUT2D eigenvalue weighted by Gasteiger charge is 2.17. The van der Waals surface area contributed by atoms with E-state index < -0.39 is 5.97 Å². The fourth-order valence-corrected chi connectivity index (χ4v) is 2.17. The molecule has 2 heterocycles. The fraction of sp³-hybridized carbons (Fsp3) is 0.182. The van der Waals surface area contributed by atoms with Crippen LogP contribution in [0.5, 0.6) is 0 Å². The average molecular weight is 265 g/mol. The largest absolute Gasteiger partial charge is 0.477 e. The number of carbonyl (C=O) groups excluding carboxylic acids is 1. The molecule has 0 aliphatic carbocycles. The van der Waals surface area contributed by atoms with Crippen LogP contribution in [0.2, 0.25) is 0 Å². The Hall–Kier alpha value is -2.15. The molecule has 6 nitrogen and oxygen atoms in total. The van der Waals surface area contributed by atoms with Crippen molar-refractivity contribution in [2.24, 2.45) is 7.05 Å². The van der Waals surface area contributed by atoms with Crippen LogP contribution in [0, 0.1) is 6.92 Å². The van der Waals surface area contributed by atoms with Gasteiger partial charge in [0, 0.05) is 12.7 Å². The lowest BCUT2D eigenvalue weighted by molar-refractivity contribution is 0.0703. The smallest absolute Gasteiger partial charge is 0.348 e. The van der Waals surface area contributed by atoms with E-state index >= 15 is 0 Å². The number of carboxylic acids is 1. The lowest BCUT2D eigenvalue weighted by Gasteiger charge is -2.03. The zero-order valence-electron chi connectivity index (χ0n) is 9.80. The number of nitrogens with one attached hydrogen (secondary N) is 1. The second kappa shape index (κ2) is 4.61. The van der Waals surface area contributed by atoms with E-state index in [-0.39, 0.29) is 10.8 Å². The van der Waals surface area contributed by atoms with Crippen molar-refractivity contribution in [3.63, 3.8) is 0 Å². The molecule has 0 radical (unpaired) electrons. The van der Waals surface area contributed by atoms with Gasteiger partial charge in [0.25, 0.3) is 5.91 Å². The quantitative estimate of drug-likeness (QED) is 0.885. The number of aromatic nitrogens is 2. The van der Waals surface area contributed by atoms with Crippen molar-refractivity contribution >= 4 is 28.9 Å². The van der Waals surface area contributed by atoms with E-state index in [9.17, 15) is 9.59 Å². The van der Waals surface area contributed by atoms with Gasteiger partial charge < -0.3 is 10.4 Å². The van der Waals surface area contributed by atoms with Gasteiger partial charge in [-0.25, -0.2) is 4.79 Å². The third kappa shape index (κ3) is 2.12. The number of hydrogen-bond donors (Lipinski definition) is 2. The lowest BCUT2D eigenvalue weighted by Crippen LogP contribution is -2.14. The molecule has 2 N–H and O–H groups in total. The molecule has 0 fully saturated rings. The van der Waals surface area contributed by atoms with Gasteiger partial charge in [-0.3, -0.25) is 9.48 Å². The third-order valence-corrected chi connectivity index (χ3v) is 3.49. The summed E-state index contributed by atoms with van der Waals surface area (Å²) in [6, 6.07) is 1.57. The molecule has 0 unspecified atom stereocenters. The molecular weight excluding hydrogens is 254 g/mol. The maximum absolute atomic E-state index is 12.0. The predicted octanol–water partition coefficient (Wildman–Crippen LogP) is 1.74. The van der Waals surface area contributed by atoms with E-state index in [0.29, 0.717) is 11.3 Å². The van der Waals surface area contributed by atoms with Gasteiger partial charge in [0.2, 0.25) is 0 Å². The molecule has 18 heavy (non-hydrogen) atoms. The Morgan fingerprint density at radius 3 is 2.78 bits per heavy atom. The Kier molecular flexibility index (Phi) is 3.15. The zero-order chi connectivity index (χ0) is 13.3. The van der Waals surface area contributed by atoms with Crippen molar-refractivity contribution in [3.05, 3.63) is 33.8 Å². The summed E-state index contributed by atoms with van der Waals surface area (Å²) in [5, 5.41) is 17.1. The van der Waals surface area contributed by atoms with E-state index in [1.54, 1.807) is 30.1 Å². The van der Waals surface area contributed by atoms with Crippen LogP contribution >= 0.6 is 11.3 Å². The molecule has 0 aromatic carbocycles. The minimum atomic E-state index is -1.05. The van der Waals surface area contributed by atoms with Gasteiger partial charge in [0.05, 0.1) is 17.4 Å². The first kappa shape index (κ1) is 12.3.